The predicted octanol–water partition coefficient (Wildman–Crippen LogP) is 7.53. The fraction of sp³-hybridized carbons (Fsp3) is 0.429. The summed E-state index contributed by atoms with van der Waals surface area (Å²) in [6.45, 7) is 16.1. The molecule has 0 bridgehead atoms. The zero-order valence-corrected chi connectivity index (χ0v) is 18.6. The SMILES string of the molecule is CC1=CC(Cc2cc(C(C)(C)C)cc3c2Cc2ccc(C(C)(C)C)cc2-3)C=C1. The summed E-state index contributed by atoms with van der Waals surface area (Å²) in [7, 11) is 0. The van der Waals surface area contributed by atoms with Gasteiger partial charge in [-0.2, -0.15) is 0 Å². The van der Waals surface area contributed by atoms with Crippen molar-refractivity contribution in [1.29, 1.82) is 0 Å². The van der Waals surface area contributed by atoms with Crippen LogP contribution in [0.3, 0.4) is 0 Å². The number of hydrogen-bond donors (Lipinski definition) is 0. The molecule has 1 atom stereocenters. The van der Waals surface area contributed by atoms with Crippen LogP contribution in [0.5, 0.6) is 0 Å². The van der Waals surface area contributed by atoms with Crippen molar-refractivity contribution < 1.29 is 0 Å². The van der Waals surface area contributed by atoms with E-state index in [1.54, 1.807) is 5.56 Å². The van der Waals surface area contributed by atoms with Crippen LogP contribution >= 0.6 is 0 Å². The third kappa shape index (κ3) is 3.50. The smallest absolute Gasteiger partial charge is 0.000403 e. The van der Waals surface area contributed by atoms with Gasteiger partial charge in [0, 0.05) is 0 Å². The van der Waals surface area contributed by atoms with Gasteiger partial charge in [0.15, 0.2) is 0 Å². The standard InChI is InChI=1S/C28H34/c1-18-8-9-19(12-18)13-21-14-23(28(5,6)7)17-26-24(21)15-20-10-11-22(16-25(20)26)27(2,3)4/h8-12,14,16-17,19H,13,15H2,1-7H3. The first-order chi connectivity index (χ1) is 13.0. The molecule has 0 saturated carbocycles. The Morgan fingerprint density at radius 1 is 0.857 bits per heavy atom. The summed E-state index contributed by atoms with van der Waals surface area (Å²) in [5, 5.41) is 0. The largest absolute Gasteiger partial charge is 0.0770 e. The summed E-state index contributed by atoms with van der Waals surface area (Å²) in [5.41, 5.74) is 12.1. The highest BCUT2D eigenvalue weighted by Gasteiger charge is 2.27. The van der Waals surface area contributed by atoms with Gasteiger partial charge in [0.2, 0.25) is 0 Å². The maximum Gasteiger partial charge on any atom is -0.000403 e. The van der Waals surface area contributed by atoms with Gasteiger partial charge in [-0.1, -0.05) is 95.7 Å². The molecule has 0 aromatic heterocycles. The van der Waals surface area contributed by atoms with E-state index in [9.17, 15) is 0 Å². The van der Waals surface area contributed by atoms with Crippen LogP contribution in [-0.2, 0) is 23.7 Å². The molecule has 2 aromatic rings. The van der Waals surface area contributed by atoms with Crippen LogP contribution in [0.4, 0.5) is 0 Å². The molecule has 2 aliphatic carbocycles. The maximum absolute atomic E-state index is 2.49. The Morgan fingerprint density at radius 3 is 2.14 bits per heavy atom. The topological polar surface area (TPSA) is 0 Å². The molecule has 4 rings (SSSR count). The molecule has 2 aromatic carbocycles. The van der Waals surface area contributed by atoms with Crippen LogP contribution in [0.25, 0.3) is 11.1 Å². The fourth-order valence-electron chi connectivity index (χ4n) is 4.54. The van der Waals surface area contributed by atoms with Crippen LogP contribution in [0.15, 0.2) is 54.1 Å². The molecule has 0 aliphatic heterocycles. The van der Waals surface area contributed by atoms with Crippen LogP contribution in [0, 0.1) is 5.92 Å². The molecule has 0 heteroatoms. The Bertz CT molecular complexity index is 984. The minimum absolute atomic E-state index is 0.158. The van der Waals surface area contributed by atoms with Crippen molar-refractivity contribution in [2.24, 2.45) is 5.92 Å². The summed E-state index contributed by atoms with van der Waals surface area (Å²) in [6, 6.07) is 12.1. The monoisotopic (exact) mass is 370 g/mol. The number of hydrogen-bond acceptors (Lipinski definition) is 0. The highest BCUT2D eigenvalue weighted by Crippen LogP contribution is 2.43. The lowest BCUT2D eigenvalue weighted by molar-refractivity contribution is 0.588. The van der Waals surface area contributed by atoms with Gasteiger partial charge in [0.1, 0.15) is 0 Å². The quantitative estimate of drug-likeness (QED) is 0.437. The van der Waals surface area contributed by atoms with Gasteiger partial charge in [-0.3, -0.25) is 0 Å². The van der Waals surface area contributed by atoms with Gasteiger partial charge < -0.3 is 0 Å². The molecule has 0 N–H and O–H groups in total. The minimum Gasteiger partial charge on any atom is -0.0770 e. The van der Waals surface area contributed by atoms with Crippen LogP contribution in [-0.4, -0.2) is 0 Å². The van der Waals surface area contributed by atoms with E-state index >= 15 is 0 Å². The fourth-order valence-corrected chi connectivity index (χ4v) is 4.54. The average Bonchev–Trinajstić information content (AvgIpc) is 3.16. The van der Waals surface area contributed by atoms with E-state index in [1.165, 1.54) is 39.0 Å². The minimum atomic E-state index is 0.158. The lowest BCUT2D eigenvalue weighted by Crippen LogP contribution is -2.13. The third-order valence-corrected chi connectivity index (χ3v) is 6.38. The Morgan fingerprint density at radius 2 is 1.54 bits per heavy atom. The molecule has 0 spiro atoms. The van der Waals surface area contributed by atoms with Gasteiger partial charge in [-0.15, -0.1) is 0 Å². The summed E-state index contributed by atoms with van der Waals surface area (Å²) < 4.78 is 0. The van der Waals surface area contributed by atoms with E-state index < -0.39 is 0 Å². The van der Waals surface area contributed by atoms with Crippen molar-refractivity contribution in [1.82, 2.24) is 0 Å². The third-order valence-electron chi connectivity index (χ3n) is 6.38. The number of fused-ring (bicyclic) bond motifs is 3. The second kappa shape index (κ2) is 6.48. The molecule has 0 nitrogen and oxygen atoms in total. The van der Waals surface area contributed by atoms with Crippen molar-refractivity contribution in [3.8, 4) is 11.1 Å². The predicted molar refractivity (Wildman–Crippen MR) is 122 cm³/mol. The summed E-state index contributed by atoms with van der Waals surface area (Å²) >= 11 is 0. The molecule has 0 radical (unpaired) electrons. The summed E-state index contributed by atoms with van der Waals surface area (Å²) in [5.74, 6) is 0.535. The van der Waals surface area contributed by atoms with Crippen molar-refractivity contribution in [2.75, 3.05) is 0 Å². The summed E-state index contributed by atoms with van der Waals surface area (Å²) in [6.07, 6.45) is 9.23. The molecular formula is C28H34. The molecule has 0 heterocycles. The van der Waals surface area contributed by atoms with Crippen molar-refractivity contribution >= 4 is 0 Å². The summed E-state index contributed by atoms with van der Waals surface area (Å²) in [4.78, 5) is 0. The molecule has 0 saturated heterocycles. The highest BCUT2D eigenvalue weighted by atomic mass is 14.3. The van der Waals surface area contributed by atoms with Gasteiger partial charge in [-0.05, 0) is 75.5 Å². The Balaban J connectivity index is 1.85. The Kier molecular flexibility index (Phi) is 4.45. The maximum atomic E-state index is 2.49. The zero-order chi connectivity index (χ0) is 20.3. The highest BCUT2D eigenvalue weighted by molar-refractivity contribution is 5.79. The molecule has 28 heavy (non-hydrogen) atoms. The van der Waals surface area contributed by atoms with Crippen molar-refractivity contribution in [3.05, 3.63) is 82.0 Å². The van der Waals surface area contributed by atoms with Gasteiger partial charge in [0.25, 0.3) is 0 Å². The van der Waals surface area contributed by atoms with Gasteiger partial charge in [0.05, 0.1) is 0 Å². The molecule has 146 valence electrons. The van der Waals surface area contributed by atoms with E-state index in [4.69, 9.17) is 0 Å². The lowest BCUT2D eigenvalue weighted by atomic mass is 9.81. The van der Waals surface area contributed by atoms with E-state index in [-0.39, 0.29) is 10.8 Å². The van der Waals surface area contributed by atoms with Gasteiger partial charge in [-0.25, -0.2) is 0 Å². The number of benzene rings is 2. The van der Waals surface area contributed by atoms with Crippen LogP contribution < -0.4 is 0 Å². The van der Waals surface area contributed by atoms with Crippen LogP contribution in [0.2, 0.25) is 0 Å². The van der Waals surface area contributed by atoms with E-state index in [1.807, 2.05) is 0 Å². The second-order valence-corrected chi connectivity index (χ2v) is 10.8. The molecule has 1 unspecified atom stereocenters. The molecule has 0 amide bonds. The normalized spacial score (nSPS) is 18.2. The lowest BCUT2D eigenvalue weighted by Gasteiger charge is -2.23. The van der Waals surface area contributed by atoms with Gasteiger partial charge >= 0.3 is 0 Å². The second-order valence-electron chi connectivity index (χ2n) is 10.8. The van der Waals surface area contributed by atoms with E-state index in [0.717, 1.165) is 12.8 Å². The van der Waals surface area contributed by atoms with E-state index in [2.05, 4.69) is 97.0 Å². The average molecular weight is 371 g/mol. The first-order valence-electron chi connectivity index (χ1n) is 10.7. The molecule has 0 fully saturated rings. The van der Waals surface area contributed by atoms with Crippen molar-refractivity contribution in [2.45, 2.75) is 72.1 Å². The first-order valence-corrected chi connectivity index (χ1v) is 10.7. The first kappa shape index (κ1) is 19.2. The molecule has 2 aliphatic rings. The number of allylic oxidation sites excluding steroid dienone is 4. The van der Waals surface area contributed by atoms with Crippen molar-refractivity contribution in [3.63, 3.8) is 0 Å². The Labute approximate surface area is 171 Å². The zero-order valence-electron chi connectivity index (χ0n) is 18.6. The molecular weight excluding hydrogens is 336 g/mol. The van der Waals surface area contributed by atoms with E-state index in [0.29, 0.717) is 5.92 Å². The Hall–Kier alpha value is -2.08. The number of rotatable bonds is 2. The van der Waals surface area contributed by atoms with Crippen LogP contribution in [0.1, 0.15) is 76.3 Å².